The number of aromatic nitrogens is 2. The molecule has 7 aromatic rings. The molecule has 4 heteroatoms. The summed E-state index contributed by atoms with van der Waals surface area (Å²) < 4.78 is 16.9. The molecule has 3 heterocycles. The molecule has 0 amide bonds. The van der Waals surface area contributed by atoms with E-state index in [1.54, 1.807) is 0 Å². The molecule has 0 bridgehead atoms. The van der Waals surface area contributed by atoms with Gasteiger partial charge in [0.1, 0.15) is 13.2 Å². The lowest BCUT2D eigenvalue weighted by molar-refractivity contribution is 0.171. The van der Waals surface area contributed by atoms with Gasteiger partial charge >= 0.3 is 0 Å². The average Bonchev–Trinajstić information content (AvgIpc) is 3.75. The number of benzene rings is 5. The molecule has 212 valence electrons. The number of fused-ring (bicyclic) bond motifs is 1. The van der Waals surface area contributed by atoms with Crippen LogP contribution < -0.4 is 9.47 Å². The molecule has 4 nitrogen and oxygen atoms in total. The third-order valence-corrected chi connectivity index (χ3v) is 8.15. The van der Waals surface area contributed by atoms with Crippen LogP contribution in [-0.4, -0.2) is 22.3 Å². The van der Waals surface area contributed by atoms with Crippen LogP contribution in [0, 0.1) is 0 Å². The van der Waals surface area contributed by atoms with Crippen LogP contribution in [0.15, 0.2) is 158 Å². The molecule has 8 rings (SSSR count). The minimum absolute atomic E-state index is 0.523. The SMILES string of the molecule is c1ccc(-c2cc(-c3ccccc3)n(-c3cc4c(cc3-n3cc(-c5ccccc5)cc3-c3ccccc3)OCCO4)c2)cc1. The number of ether oxygens (including phenoxy) is 2. The third kappa shape index (κ3) is 4.77. The monoisotopic (exact) mass is 570 g/mol. The minimum Gasteiger partial charge on any atom is -0.486 e. The lowest BCUT2D eigenvalue weighted by Gasteiger charge is -2.24. The zero-order valence-electron chi connectivity index (χ0n) is 24.1. The number of rotatable bonds is 6. The van der Waals surface area contributed by atoms with E-state index in [2.05, 4.69) is 167 Å². The van der Waals surface area contributed by atoms with E-state index in [0.29, 0.717) is 13.2 Å². The van der Waals surface area contributed by atoms with Crippen molar-refractivity contribution in [1.82, 2.24) is 9.13 Å². The lowest BCUT2D eigenvalue weighted by Crippen LogP contribution is -2.16. The van der Waals surface area contributed by atoms with Crippen LogP contribution >= 0.6 is 0 Å². The quantitative estimate of drug-likeness (QED) is 0.199. The zero-order valence-corrected chi connectivity index (χ0v) is 24.1. The molecule has 0 fully saturated rings. The summed E-state index contributed by atoms with van der Waals surface area (Å²) in [6.07, 6.45) is 4.47. The van der Waals surface area contributed by atoms with Gasteiger partial charge in [-0.15, -0.1) is 0 Å². The lowest BCUT2D eigenvalue weighted by atomic mass is 10.1. The van der Waals surface area contributed by atoms with Crippen molar-refractivity contribution >= 4 is 0 Å². The van der Waals surface area contributed by atoms with E-state index in [1.807, 2.05) is 0 Å². The third-order valence-electron chi connectivity index (χ3n) is 8.15. The van der Waals surface area contributed by atoms with Gasteiger partial charge in [-0.05, 0) is 34.4 Å². The van der Waals surface area contributed by atoms with E-state index in [0.717, 1.165) is 56.5 Å². The molecule has 0 saturated carbocycles. The van der Waals surface area contributed by atoms with Crippen molar-refractivity contribution in [2.75, 3.05) is 13.2 Å². The second kappa shape index (κ2) is 11.2. The summed E-state index contributed by atoms with van der Waals surface area (Å²) >= 11 is 0. The maximum Gasteiger partial charge on any atom is 0.163 e. The van der Waals surface area contributed by atoms with Gasteiger partial charge in [-0.2, -0.15) is 0 Å². The summed E-state index contributed by atoms with van der Waals surface area (Å²) in [5.41, 5.74) is 11.1. The van der Waals surface area contributed by atoms with Gasteiger partial charge in [-0.1, -0.05) is 121 Å². The molecule has 5 aromatic carbocycles. The van der Waals surface area contributed by atoms with Crippen LogP contribution in [0.4, 0.5) is 0 Å². The highest BCUT2D eigenvalue weighted by Gasteiger charge is 2.23. The molecule has 1 aliphatic rings. The fourth-order valence-corrected chi connectivity index (χ4v) is 6.02. The molecule has 0 unspecified atom stereocenters. The van der Waals surface area contributed by atoms with Gasteiger partial charge in [0.2, 0.25) is 0 Å². The van der Waals surface area contributed by atoms with Crippen molar-refractivity contribution in [1.29, 1.82) is 0 Å². The Morgan fingerprint density at radius 3 is 1.07 bits per heavy atom. The first-order valence-corrected chi connectivity index (χ1v) is 14.9. The summed E-state index contributed by atoms with van der Waals surface area (Å²) in [6.45, 7) is 1.05. The van der Waals surface area contributed by atoms with Crippen LogP contribution in [0.2, 0.25) is 0 Å². The maximum atomic E-state index is 6.16. The van der Waals surface area contributed by atoms with Crippen LogP contribution in [0.5, 0.6) is 11.5 Å². The van der Waals surface area contributed by atoms with Crippen molar-refractivity contribution in [3.05, 3.63) is 158 Å². The Morgan fingerprint density at radius 2 is 0.705 bits per heavy atom. The average molecular weight is 571 g/mol. The van der Waals surface area contributed by atoms with Gasteiger partial charge in [0.25, 0.3) is 0 Å². The first-order chi connectivity index (χ1) is 21.8. The summed E-state index contributed by atoms with van der Waals surface area (Å²) in [5, 5.41) is 0. The summed E-state index contributed by atoms with van der Waals surface area (Å²) in [6, 6.07) is 51.0. The highest BCUT2D eigenvalue weighted by atomic mass is 16.6. The molecule has 0 atom stereocenters. The fourth-order valence-electron chi connectivity index (χ4n) is 6.02. The molecular formula is C40H30N2O2. The topological polar surface area (TPSA) is 28.3 Å². The highest BCUT2D eigenvalue weighted by molar-refractivity contribution is 5.79. The highest BCUT2D eigenvalue weighted by Crippen LogP contribution is 2.42. The first-order valence-electron chi connectivity index (χ1n) is 14.9. The Labute approximate surface area is 257 Å². The van der Waals surface area contributed by atoms with Crippen LogP contribution in [-0.2, 0) is 0 Å². The molecule has 0 aliphatic carbocycles. The minimum atomic E-state index is 0.523. The predicted molar refractivity (Wildman–Crippen MR) is 178 cm³/mol. The Bertz CT molecular complexity index is 1890. The van der Waals surface area contributed by atoms with E-state index in [1.165, 1.54) is 11.1 Å². The summed E-state index contributed by atoms with van der Waals surface area (Å²) in [5.74, 6) is 1.50. The predicted octanol–water partition coefficient (Wildman–Crippen LogP) is 9.71. The molecule has 0 N–H and O–H groups in total. The van der Waals surface area contributed by atoms with Gasteiger partial charge < -0.3 is 18.6 Å². The molecule has 0 spiro atoms. The van der Waals surface area contributed by atoms with Gasteiger partial charge in [0.15, 0.2) is 11.5 Å². The Balaban J connectivity index is 1.41. The molecule has 0 saturated heterocycles. The molecule has 2 aromatic heterocycles. The van der Waals surface area contributed by atoms with Crippen molar-refractivity contribution in [2.45, 2.75) is 0 Å². The van der Waals surface area contributed by atoms with E-state index in [9.17, 15) is 0 Å². The first kappa shape index (κ1) is 25.9. The number of hydrogen-bond donors (Lipinski definition) is 0. The largest absolute Gasteiger partial charge is 0.486 e. The molecular weight excluding hydrogens is 540 g/mol. The van der Waals surface area contributed by atoms with Crippen LogP contribution in [0.1, 0.15) is 0 Å². The summed E-state index contributed by atoms with van der Waals surface area (Å²) in [4.78, 5) is 0. The molecule has 0 radical (unpaired) electrons. The van der Waals surface area contributed by atoms with Gasteiger partial charge in [-0.3, -0.25) is 0 Å². The fraction of sp³-hybridized carbons (Fsp3) is 0.0500. The Kier molecular flexibility index (Phi) is 6.58. The second-order valence-electron chi connectivity index (χ2n) is 10.9. The van der Waals surface area contributed by atoms with Gasteiger partial charge in [0, 0.05) is 35.7 Å². The molecule has 44 heavy (non-hydrogen) atoms. The zero-order chi connectivity index (χ0) is 29.3. The van der Waals surface area contributed by atoms with E-state index in [4.69, 9.17) is 9.47 Å². The number of nitrogens with zero attached hydrogens (tertiary/aromatic N) is 2. The summed E-state index contributed by atoms with van der Waals surface area (Å²) in [7, 11) is 0. The standard InChI is InChI=1S/C40H30N2O2/c1-5-13-29(14-6-1)33-23-35(31-17-9-3-10-18-31)41(27-33)37-25-39-40(44-22-21-43-39)26-38(37)42-28-34(30-15-7-2-8-16-30)24-36(42)32-19-11-4-12-20-32/h1-20,23-28H,21-22H2. The number of hydrogen-bond acceptors (Lipinski definition) is 2. The van der Waals surface area contributed by atoms with Gasteiger partial charge in [0.05, 0.1) is 22.8 Å². The Hall–Kier alpha value is -5.74. The van der Waals surface area contributed by atoms with Crippen LogP contribution in [0.25, 0.3) is 56.1 Å². The molecule has 1 aliphatic heterocycles. The smallest absolute Gasteiger partial charge is 0.163 e. The normalized spacial score (nSPS) is 12.3. The van der Waals surface area contributed by atoms with E-state index >= 15 is 0 Å². The second-order valence-corrected chi connectivity index (χ2v) is 10.9. The van der Waals surface area contributed by atoms with Crippen LogP contribution in [0.3, 0.4) is 0 Å². The Morgan fingerprint density at radius 1 is 0.364 bits per heavy atom. The van der Waals surface area contributed by atoms with Crippen molar-refractivity contribution in [3.63, 3.8) is 0 Å². The maximum absolute atomic E-state index is 6.16. The van der Waals surface area contributed by atoms with Crippen molar-refractivity contribution in [3.8, 4) is 67.6 Å². The van der Waals surface area contributed by atoms with Crippen molar-refractivity contribution in [2.24, 2.45) is 0 Å². The van der Waals surface area contributed by atoms with E-state index in [-0.39, 0.29) is 0 Å². The van der Waals surface area contributed by atoms with E-state index < -0.39 is 0 Å². The van der Waals surface area contributed by atoms with Gasteiger partial charge in [-0.25, -0.2) is 0 Å². The van der Waals surface area contributed by atoms with Crippen molar-refractivity contribution < 1.29 is 9.47 Å².